The van der Waals surface area contributed by atoms with E-state index in [2.05, 4.69) is 53.7 Å². The molecule has 30 heavy (non-hydrogen) atoms. The monoisotopic (exact) mass is 415 g/mol. The van der Waals surface area contributed by atoms with Gasteiger partial charge in [-0.3, -0.25) is 0 Å². The van der Waals surface area contributed by atoms with Crippen molar-refractivity contribution in [3.05, 3.63) is 84.2 Å². The molecular formula is C25H25N3OS. The molecule has 1 N–H and O–H groups in total. The fraction of sp³-hybridized carbons (Fsp3) is 0.160. The summed E-state index contributed by atoms with van der Waals surface area (Å²) in [7, 11) is 0. The summed E-state index contributed by atoms with van der Waals surface area (Å²) in [5.41, 5.74) is 4.34. The van der Waals surface area contributed by atoms with Crippen LogP contribution < -0.4 is 15.0 Å². The van der Waals surface area contributed by atoms with E-state index < -0.39 is 0 Å². The Morgan fingerprint density at radius 3 is 2.17 bits per heavy atom. The highest BCUT2D eigenvalue weighted by molar-refractivity contribution is 7.14. The molecule has 0 saturated carbocycles. The lowest BCUT2D eigenvalue weighted by Crippen LogP contribution is -2.21. The molecule has 3 aromatic carbocycles. The maximum atomic E-state index is 5.84. The summed E-state index contributed by atoms with van der Waals surface area (Å²) in [5, 5.41) is 6.33. The summed E-state index contributed by atoms with van der Waals surface area (Å²) in [6.45, 7) is 6.37. The van der Waals surface area contributed by atoms with Gasteiger partial charge in [-0.1, -0.05) is 30.3 Å². The van der Waals surface area contributed by atoms with Gasteiger partial charge in [-0.25, -0.2) is 4.98 Å². The van der Waals surface area contributed by atoms with Crippen molar-refractivity contribution in [2.24, 2.45) is 0 Å². The first-order valence-corrected chi connectivity index (χ1v) is 11.0. The fourth-order valence-corrected chi connectivity index (χ4v) is 3.99. The van der Waals surface area contributed by atoms with Crippen molar-refractivity contribution >= 4 is 27.8 Å². The smallest absolute Gasteiger partial charge is 0.187 e. The minimum Gasteiger partial charge on any atom is -0.457 e. The number of nitrogens with one attached hydrogen (secondary N) is 1. The minimum atomic E-state index is 0.805. The maximum absolute atomic E-state index is 5.84. The van der Waals surface area contributed by atoms with Gasteiger partial charge in [-0.2, -0.15) is 0 Å². The lowest BCUT2D eigenvalue weighted by atomic mass is 10.1. The molecule has 4 aromatic rings. The van der Waals surface area contributed by atoms with Crippen molar-refractivity contribution < 1.29 is 4.74 Å². The van der Waals surface area contributed by atoms with Crippen LogP contribution in [0.15, 0.2) is 84.2 Å². The molecule has 0 unspecified atom stereocenters. The molecule has 0 aliphatic carbocycles. The van der Waals surface area contributed by atoms with E-state index in [0.717, 1.165) is 46.7 Å². The lowest BCUT2D eigenvalue weighted by Gasteiger charge is -2.20. The Balaban J connectivity index is 1.41. The SMILES string of the molecule is CCN(CC)c1ccc(-c2csc(Nc3ccc(Oc4ccccc4)cc3)n2)cc1. The topological polar surface area (TPSA) is 37.4 Å². The van der Waals surface area contributed by atoms with Gasteiger partial charge < -0.3 is 15.0 Å². The van der Waals surface area contributed by atoms with E-state index >= 15 is 0 Å². The summed E-state index contributed by atoms with van der Waals surface area (Å²) >= 11 is 1.60. The summed E-state index contributed by atoms with van der Waals surface area (Å²) in [5.74, 6) is 1.63. The summed E-state index contributed by atoms with van der Waals surface area (Å²) < 4.78 is 5.84. The quantitative estimate of drug-likeness (QED) is 0.330. The van der Waals surface area contributed by atoms with Gasteiger partial charge >= 0.3 is 0 Å². The zero-order chi connectivity index (χ0) is 20.8. The first-order valence-electron chi connectivity index (χ1n) is 10.2. The van der Waals surface area contributed by atoms with Gasteiger partial charge in [0.15, 0.2) is 5.13 Å². The molecule has 0 radical (unpaired) electrons. The van der Waals surface area contributed by atoms with Gasteiger partial charge in [-0.15, -0.1) is 11.3 Å². The highest BCUT2D eigenvalue weighted by Crippen LogP contribution is 2.29. The van der Waals surface area contributed by atoms with Crippen LogP contribution in [-0.4, -0.2) is 18.1 Å². The van der Waals surface area contributed by atoms with Gasteiger partial charge in [-0.05, 0) is 62.4 Å². The highest BCUT2D eigenvalue weighted by atomic mass is 32.1. The van der Waals surface area contributed by atoms with E-state index in [0.29, 0.717) is 0 Å². The molecule has 0 aliphatic rings. The number of ether oxygens (including phenoxy) is 1. The third-order valence-corrected chi connectivity index (χ3v) is 5.64. The number of hydrogen-bond donors (Lipinski definition) is 1. The predicted octanol–water partition coefficient (Wildman–Crippen LogP) is 7.19. The number of thiazole rings is 1. The molecule has 152 valence electrons. The van der Waals surface area contributed by atoms with Crippen LogP contribution in [0.4, 0.5) is 16.5 Å². The standard InChI is InChI=1S/C25H25N3OS/c1-3-28(4-2)21-14-10-19(11-15-21)24-18-30-25(27-24)26-20-12-16-23(17-13-20)29-22-8-6-5-7-9-22/h5-18H,3-4H2,1-2H3,(H,26,27). The predicted molar refractivity (Wildman–Crippen MR) is 127 cm³/mol. The number of nitrogens with zero attached hydrogens (tertiary/aromatic N) is 2. The molecule has 0 amide bonds. The normalized spacial score (nSPS) is 10.6. The summed E-state index contributed by atoms with van der Waals surface area (Å²) in [6, 6.07) is 26.3. The fourth-order valence-electron chi connectivity index (χ4n) is 3.25. The third-order valence-electron chi connectivity index (χ3n) is 4.88. The Morgan fingerprint density at radius 2 is 1.50 bits per heavy atom. The average molecular weight is 416 g/mol. The summed E-state index contributed by atoms with van der Waals surface area (Å²) in [6.07, 6.45) is 0. The van der Waals surface area contributed by atoms with Crippen molar-refractivity contribution in [1.82, 2.24) is 4.98 Å². The van der Waals surface area contributed by atoms with Crippen molar-refractivity contribution in [3.63, 3.8) is 0 Å². The van der Waals surface area contributed by atoms with E-state index in [1.165, 1.54) is 5.69 Å². The van der Waals surface area contributed by atoms with Crippen LogP contribution in [0.2, 0.25) is 0 Å². The van der Waals surface area contributed by atoms with Crippen LogP contribution in [0.3, 0.4) is 0 Å². The minimum absolute atomic E-state index is 0.805. The van der Waals surface area contributed by atoms with Gasteiger partial charge in [0.25, 0.3) is 0 Å². The van der Waals surface area contributed by atoms with Crippen LogP contribution in [0, 0.1) is 0 Å². The second-order valence-corrected chi connectivity index (χ2v) is 7.68. The molecule has 5 heteroatoms. The van der Waals surface area contributed by atoms with Crippen LogP contribution in [0.1, 0.15) is 13.8 Å². The largest absolute Gasteiger partial charge is 0.457 e. The van der Waals surface area contributed by atoms with Gasteiger partial charge in [0.2, 0.25) is 0 Å². The Hall–Kier alpha value is -3.31. The van der Waals surface area contributed by atoms with Crippen LogP contribution in [-0.2, 0) is 0 Å². The Bertz CT molecular complexity index is 1060. The Labute approximate surface area is 181 Å². The average Bonchev–Trinajstić information content (AvgIpc) is 3.26. The van der Waals surface area contributed by atoms with E-state index in [1.807, 2.05) is 54.6 Å². The molecule has 1 heterocycles. The molecular weight excluding hydrogens is 390 g/mol. The second-order valence-electron chi connectivity index (χ2n) is 6.82. The molecule has 0 atom stereocenters. The molecule has 1 aromatic heterocycles. The number of para-hydroxylation sites is 1. The van der Waals surface area contributed by atoms with Crippen molar-refractivity contribution in [1.29, 1.82) is 0 Å². The Morgan fingerprint density at radius 1 is 0.833 bits per heavy atom. The van der Waals surface area contributed by atoms with E-state index in [1.54, 1.807) is 11.3 Å². The zero-order valence-corrected chi connectivity index (χ0v) is 18.0. The van der Waals surface area contributed by atoms with Crippen LogP contribution >= 0.6 is 11.3 Å². The van der Waals surface area contributed by atoms with E-state index in [9.17, 15) is 0 Å². The van der Waals surface area contributed by atoms with Gasteiger partial charge in [0, 0.05) is 35.4 Å². The van der Waals surface area contributed by atoms with Crippen LogP contribution in [0.25, 0.3) is 11.3 Å². The van der Waals surface area contributed by atoms with Crippen molar-refractivity contribution in [2.75, 3.05) is 23.3 Å². The number of anilines is 3. The van der Waals surface area contributed by atoms with E-state index in [-0.39, 0.29) is 0 Å². The van der Waals surface area contributed by atoms with Crippen LogP contribution in [0.5, 0.6) is 11.5 Å². The third kappa shape index (κ3) is 4.81. The molecule has 0 saturated heterocycles. The maximum Gasteiger partial charge on any atom is 0.187 e. The summed E-state index contributed by atoms with van der Waals surface area (Å²) in [4.78, 5) is 7.08. The number of benzene rings is 3. The second kappa shape index (κ2) is 9.46. The van der Waals surface area contributed by atoms with Crippen molar-refractivity contribution in [3.8, 4) is 22.8 Å². The van der Waals surface area contributed by atoms with Gasteiger partial charge in [0.05, 0.1) is 5.69 Å². The number of rotatable bonds is 8. The number of aromatic nitrogens is 1. The van der Waals surface area contributed by atoms with Crippen molar-refractivity contribution in [2.45, 2.75) is 13.8 Å². The molecule has 0 fully saturated rings. The highest BCUT2D eigenvalue weighted by Gasteiger charge is 2.07. The molecule has 4 rings (SSSR count). The first-order chi connectivity index (χ1) is 14.7. The Kier molecular flexibility index (Phi) is 6.30. The molecule has 0 spiro atoms. The zero-order valence-electron chi connectivity index (χ0n) is 17.2. The number of hydrogen-bond acceptors (Lipinski definition) is 5. The molecule has 4 nitrogen and oxygen atoms in total. The lowest BCUT2D eigenvalue weighted by molar-refractivity contribution is 0.483. The molecule has 0 bridgehead atoms. The first kappa shape index (κ1) is 20.0. The molecule has 0 aliphatic heterocycles. The van der Waals surface area contributed by atoms with E-state index in [4.69, 9.17) is 9.72 Å². The van der Waals surface area contributed by atoms with Gasteiger partial charge in [0.1, 0.15) is 11.5 Å².